The lowest BCUT2D eigenvalue weighted by molar-refractivity contribution is -0.147. The average Bonchev–Trinajstić information content (AvgIpc) is 2.67. The molecule has 0 bridgehead atoms. The van der Waals surface area contributed by atoms with Crippen molar-refractivity contribution in [2.75, 3.05) is 6.61 Å². The van der Waals surface area contributed by atoms with Gasteiger partial charge in [0, 0.05) is 0 Å². The second kappa shape index (κ2) is 7.72. The monoisotopic (exact) mass is 214 g/mol. The minimum absolute atomic E-state index is 0.0295. The van der Waals surface area contributed by atoms with Crippen LogP contribution in [0.25, 0.3) is 0 Å². The van der Waals surface area contributed by atoms with Crippen LogP contribution >= 0.6 is 0 Å². The summed E-state index contributed by atoms with van der Waals surface area (Å²) < 4.78 is 5.01. The Bertz CT molecular complexity index is 169. The lowest BCUT2D eigenvalue weighted by atomic mass is 9.73. The number of carbonyl (C=O) groups is 1. The second-order valence-electron chi connectivity index (χ2n) is 3.73. The second-order valence-corrected chi connectivity index (χ2v) is 3.73. The van der Waals surface area contributed by atoms with Gasteiger partial charge in [-0.3, -0.25) is 4.79 Å². The van der Waals surface area contributed by atoms with Crippen molar-refractivity contribution in [1.82, 2.24) is 0 Å². The molecule has 1 aliphatic carbocycles. The Morgan fingerprint density at radius 2 is 1.47 bits per heavy atom. The van der Waals surface area contributed by atoms with Gasteiger partial charge in [-0.05, 0) is 19.3 Å². The van der Waals surface area contributed by atoms with Crippen LogP contribution in [-0.2, 0) is 9.53 Å². The smallest absolute Gasteiger partial charge is 0.312 e. The van der Waals surface area contributed by atoms with Crippen LogP contribution < -0.4 is 0 Å². The first-order valence-corrected chi connectivity index (χ1v) is 6.51. The van der Waals surface area contributed by atoms with Gasteiger partial charge >= 0.3 is 5.97 Å². The summed E-state index contributed by atoms with van der Waals surface area (Å²) in [5.74, 6) is 0.0807. The highest BCUT2D eigenvalue weighted by molar-refractivity contribution is 5.78. The fourth-order valence-corrected chi connectivity index (χ4v) is 2.28. The molecule has 2 rings (SSSR count). The Balaban J connectivity index is 0.000000442. The molecule has 0 unspecified atom stereocenters. The Hall–Kier alpha value is -0.530. The molecule has 1 saturated carbocycles. The standard InChI is InChI=1S/C9H14O2.2C2H6/c10-8-9(6-7-11-8)4-2-1-3-5-9;2*1-2/h1-7H2;2*1-2H3. The van der Waals surface area contributed by atoms with Crippen LogP contribution in [0.5, 0.6) is 0 Å². The van der Waals surface area contributed by atoms with Crippen molar-refractivity contribution < 1.29 is 9.53 Å². The molecule has 0 aromatic heterocycles. The lowest BCUT2D eigenvalue weighted by Crippen LogP contribution is -2.28. The molecular weight excluding hydrogens is 188 g/mol. The summed E-state index contributed by atoms with van der Waals surface area (Å²) >= 11 is 0. The molecule has 0 amide bonds. The number of carbonyl (C=O) groups excluding carboxylic acids is 1. The summed E-state index contributed by atoms with van der Waals surface area (Å²) in [5, 5.41) is 0. The van der Waals surface area contributed by atoms with Gasteiger partial charge in [-0.15, -0.1) is 0 Å². The van der Waals surface area contributed by atoms with Crippen molar-refractivity contribution in [3.05, 3.63) is 0 Å². The minimum atomic E-state index is -0.0295. The minimum Gasteiger partial charge on any atom is -0.465 e. The van der Waals surface area contributed by atoms with Crippen LogP contribution in [0, 0.1) is 5.41 Å². The molecule has 2 fully saturated rings. The van der Waals surface area contributed by atoms with Gasteiger partial charge in [0.1, 0.15) is 0 Å². The van der Waals surface area contributed by atoms with Crippen molar-refractivity contribution >= 4 is 5.97 Å². The van der Waals surface area contributed by atoms with Gasteiger partial charge in [0.15, 0.2) is 0 Å². The number of cyclic esters (lactones) is 1. The molecule has 1 aliphatic heterocycles. The molecule has 90 valence electrons. The quantitative estimate of drug-likeness (QED) is 0.571. The highest BCUT2D eigenvalue weighted by Crippen LogP contribution is 2.43. The van der Waals surface area contributed by atoms with E-state index in [-0.39, 0.29) is 11.4 Å². The summed E-state index contributed by atoms with van der Waals surface area (Å²) in [5.41, 5.74) is -0.0295. The zero-order valence-corrected chi connectivity index (χ0v) is 10.8. The number of esters is 1. The zero-order valence-electron chi connectivity index (χ0n) is 10.8. The van der Waals surface area contributed by atoms with Crippen LogP contribution in [0.3, 0.4) is 0 Å². The maximum Gasteiger partial charge on any atom is 0.312 e. The summed E-state index contributed by atoms with van der Waals surface area (Å²) in [4.78, 5) is 11.3. The molecule has 2 nitrogen and oxygen atoms in total. The molecule has 0 aromatic rings. The molecule has 1 saturated heterocycles. The molecule has 15 heavy (non-hydrogen) atoms. The fraction of sp³-hybridized carbons (Fsp3) is 0.923. The van der Waals surface area contributed by atoms with Crippen molar-refractivity contribution in [3.8, 4) is 0 Å². The number of ether oxygens (including phenoxy) is 1. The van der Waals surface area contributed by atoms with E-state index >= 15 is 0 Å². The first kappa shape index (κ1) is 14.5. The van der Waals surface area contributed by atoms with Crippen molar-refractivity contribution in [3.63, 3.8) is 0 Å². The van der Waals surface area contributed by atoms with Gasteiger partial charge < -0.3 is 4.74 Å². The van der Waals surface area contributed by atoms with Crippen LogP contribution in [0.4, 0.5) is 0 Å². The van der Waals surface area contributed by atoms with E-state index in [1.807, 2.05) is 27.7 Å². The average molecular weight is 214 g/mol. The molecule has 0 N–H and O–H groups in total. The summed E-state index contributed by atoms with van der Waals surface area (Å²) in [7, 11) is 0. The molecule has 1 heterocycles. The maximum absolute atomic E-state index is 11.3. The number of hydrogen-bond acceptors (Lipinski definition) is 2. The summed E-state index contributed by atoms with van der Waals surface area (Å²) in [6.45, 7) is 8.67. The van der Waals surface area contributed by atoms with E-state index in [0.29, 0.717) is 6.61 Å². The van der Waals surface area contributed by atoms with E-state index < -0.39 is 0 Å². The molecular formula is C13H26O2. The Morgan fingerprint density at radius 3 is 1.87 bits per heavy atom. The van der Waals surface area contributed by atoms with E-state index in [1.54, 1.807) is 0 Å². The van der Waals surface area contributed by atoms with Crippen molar-refractivity contribution in [1.29, 1.82) is 0 Å². The summed E-state index contributed by atoms with van der Waals surface area (Å²) in [6.07, 6.45) is 6.86. The van der Waals surface area contributed by atoms with Gasteiger partial charge in [-0.25, -0.2) is 0 Å². The number of hydrogen-bond donors (Lipinski definition) is 0. The maximum atomic E-state index is 11.3. The van der Waals surface area contributed by atoms with E-state index in [0.717, 1.165) is 19.3 Å². The van der Waals surface area contributed by atoms with Gasteiger partial charge in [-0.1, -0.05) is 47.0 Å². The van der Waals surface area contributed by atoms with Crippen molar-refractivity contribution in [2.45, 2.75) is 66.2 Å². The van der Waals surface area contributed by atoms with Gasteiger partial charge in [0.05, 0.1) is 12.0 Å². The van der Waals surface area contributed by atoms with Crippen LogP contribution in [0.15, 0.2) is 0 Å². The van der Waals surface area contributed by atoms with Gasteiger partial charge in [-0.2, -0.15) is 0 Å². The summed E-state index contributed by atoms with van der Waals surface area (Å²) in [6, 6.07) is 0. The van der Waals surface area contributed by atoms with E-state index in [4.69, 9.17) is 4.74 Å². The third kappa shape index (κ3) is 3.51. The predicted molar refractivity (Wildman–Crippen MR) is 63.8 cm³/mol. The number of rotatable bonds is 0. The first-order valence-electron chi connectivity index (χ1n) is 6.51. The Kier molecular flexibility index (Phi) is 7.45. The largest absolute Gasteiger partial charge is 0.465 e. The first-order chi connectivity index (χ1) is 7.33. The molecule has 0 atom stereocenters. The highest BCUT2D eigenvalue weighted by Gasteiger charge is 2.44. The molecule has 2 heteroatoms. The molecule has 0 radical (unpaired) electrons. The van der Waals surface area contributed by atoms with Crippen LogP contribution in [-0.4, -0.2) is 12.6 Å². The van der Waals surface area contributed by atoms with Crippen LogP contribution in [0.2, 0.25) is 0 Å². The third-order valence-corrected chi connectivity index (χ3v) is 3.06. The zero-order chi connectivity index (χ0) is 11.7. The van der Waals surface area contributed by atoms with E-state index in [9.17, 15) is 4.79 Å². The normalized spacial score (nSPS) is 22.0. The highest BCUT2D eigenvalue weighted by atomic mass is 16.5. The molecule has 2 aliphatic rings. The molecule has 0 aromatic carbocycles. The van der Waals surface area contributed by atoms with Crippen molar-refractivity contribution in [2.24, 2.45) is 5.41 Å². The lowest BCUT2D eigenvalue weighted by Gasteiger charge is -2.28. The third-order valence-electron chi connectivity index (χ3n) is 3.06. The topological polar surface area (TPSA) is 26.3 Å². The van der Waals surface area contributed by atoms with Gasteiger partial charge in [0.25, 0.3) is 0 Å². The van der Waals surface area contributed by atoms with E-state index in [2.05, 4.69) is 0 Å². The van der Waals surface area contributed by atoms with E-state index in [1.165, 1.54) is 19.3 Å². The Morgan fingerprint density at radius 1 is 0.933 bits per heavy atom. The Labute approximate surface area is 94.4 Å². The van der Waals surface area contributed by atoms with Crippen LogP contribution in [0.1, 0.15) is 66.2 Å². The predicted octanol–water partition coefficient (Wildman–Crippen LogP) is 3.94. The SMILES string of the molecule is CC.CC.O=C1OCCC12CCCCC2. The fourth-order valence-electron chi connectivity index (χ4n) is 2.28. The molecule has 1 spiro atoms. The van der Waals surface area contributed by atoms with Gasteiger partial charge in [0.2, 0.25) is 0 Å².